The minimum absolute atomic E-state index is 0.0167. The van der Waals surface area contributed by atoms with E-state index in [-0.39, 0.29) is 5.75 Å². The SMILES string of the molecule is Fc1ccccc1-c1[c]ccc(OC(F)F)c1. The van der Waals surface area contributed by atoms with Crippen LogP contribution in [0.15, 0.2) is 42.5 Å². The molecule has 0 bridgehead atoms. The average Bonchev–Trinajstić information content (AvgIpc) is 2.29. The summed E-state index contributed by atoms with van der Waals surface area (Å²) in [6.45, 7) is -2.90. The van der Waals surface area contributed by atoms with Crippen LogP contribution in [-0.4, -0.2) is 6.61 Å². The molecule has 4 heteroatoms. The van der Waals surface area contributed by atoms with Crippen molar-refractivity contribution in [3.63, 3.8) is 0 Å². The van der Waals surface area contributed by atoms with E-state index in [0.717, 1.165) is 0 Å². The second-order valence-corrected chi connectivity index (χ2v) is 3.30. The lowest BCUT2D eigenvalue weighted by Gasteiger charge is -2.07. The molecule has 0 spiro atoms. The fourth-order valence-corrected chi connectivity index (χ4v) is 1.46. The van der Waals surface area contributed by atoms with Gasteiger partial charge in [-0.25, -0.2) is 4.39 Å². The Kier molecular flexibility index (Phi) is 3.32. The number of alkyl halides is 2. The largest absolute Gasteiger partial charge is 0.435 e. The van der Waals surface area contributed by atoms with Crippen LogP contribution in [0.2, 0.25) is 0 Å². The highest BCUT2D eigenvalue weighted by molar-refractivity contribution is 5.64. The van der Waals surface area contributed by atoms with Crippen LogP contribution in [0.5, 0.6) is 5.75 Å². The molecule has 0 amide bonds. The molecule has 2 rings (SSSR count). The monoisotopic (exact) mass is 237 g/mol. The quantitative estimate of drug-likeness (QED) is 0.786. The van der Waals surface area contributed by atoms with Crippen LogP contribution in [0, 0.1) is 11.9 Å². The molecule has 0 fully saturated rings. The maximum absolute atomic E-state index is 13.5. The third-order valence-electron chi connectivity index (χ3n) is 2.16. The molecule has 0 heterocycles. The van der Waals surface area contributed by atoms with Crippen molar-refractivity contribution in [1.82, 2.24) is 0 Å². The van der Waals surface area contributed by atoms with E-state index < -0.39 is 12.4 Å². The van der Waals surface area contributed by atoms with Gasteiger partial charge in [0.25, 0.3) is 0 Å². The van der Waals surface area contributed by atoms with Gasteiger partial charge in [0, 0.05) is 5.56 Å². The van der Waals surface area contributed by atoms with Gasteiger partial charge in [-0.2, -0.15) is 8.78 Å². The summed E-state index contributed by atoms with van der Waals surface area (Å²) in [5.74, 6) is -0.449. The fraction of sp³-hybridized carbons (Fsp3) is 0.0769. The summed E-state index contributed by atoms with van der Waals surface area (Å²) in [5.41, 5.74) is 0.675. The summed E-state index contributed by atoms with van der Waals surface area (Å²) in [6, 6.07) is 12.9. The van der Waals surface area contributed by atoms with E-state index in [4.69, 9.17) is 0 Å². The zero-order valence-electron chi connectivity index (χ0n) is 8.66. The molecule has 1 nitrogen and oxygen atoms in total. The molecule has 0 aromatic heterocycles. The lowest BCUT2D eigenvalue weighted by atomic mass is 10.1. The molecule has 0 aliphatic carbocycles. The van der Waals surface area contributed by atoms with Crippen LogP contribution in [0.3, 0.4) is 0 Å². The second-order valence-electron chi connectivity index (χ2n) is 3.30. The summed E-state index contributed by atoms with van der Waals surface area (Å²) in [5, 5.41) is 0. The van der Waals surface area contributed by atoms with Gasteiger partial charge < -0.3 is 4.74 Å². The van der Waals surface area contributed by atoms with E-state index in [0.29, 0.717) is 11.1 Å². The van der Waals surface area contributed by atoms with Crippen LogP contribution in [0.25, 0.3) is 11.1 Å². The van der Waals surface area contributed by atoms with Gasteiger partial charge in [-0.05, 0) is 29.8 Å². The predicted molar refractivity (Wildman–Crippen MR) is 57.3 cm³/mol. The van der Waals surface area contributed by atoms with Crippen LogP contribution in [0.4, 0.5) is 13.2 Å². The lowest BCUT2D eigenvalue weighted by Crippen LogP contribution is -2.01. The van der Waals surface area contributed by atoms with Crippen molar-refractivity contribution in [2.24, 2.45) is 0 Å². The Balaban J connectivity index is 2.37. The fourth-order valence-electron chi connectivity index (χ4n) is 1.46. The Morgan fingerprint density at radius 3 is 2.59 bits per heavy atom. The molecule has 0 aliphatic rings. The molecule has 0 atom stereocenters. The van der Waals surface area contributed by atoms with Gasteiger partial charge in [0.15, 0.2) is 0 Å². The van der Waals surface area contributed by atoms with E-state index >= 15 is 0 Å². The normalized spacial score (nSPS) is 10.6. The average molecular weight is 237 g/mol. The van der Waals surface area contributed by atoms with E-state index in [1.54, 1.807) is 18.2 Å². The van der Waals surface area contributed by atoms with Gasteiger partial charge >= 0.3 is 6.61 Å². The van der Waals surface area contributed by atoms with E-state index in [1.807, 2.05) is 0 Å². The van der Waals surface area contributed by atoms with Crippen molar-refractivity contribution in [2.75, 3.05) is 0 Å². The summed E-state index contributed by atoms with van der Waals surface area (Å²) in [6.07, 6.45) is 0. The van der Waals surface area contributed by atoms with Crippen LogP contribution < -0.4 is 4.74 Å². The highest BCUT2D eigenvalue weighted by atomic mass is 19.3. The number of rotatable bonds is 3. The first kappa shape index (κ1) is 11.5. The maximum atomic E-state index is 13.5. The first-order valence-electron chi connectivity index (χ1n) is 4.88. The third-order valence-corrected chi connectivity index (χ3v) is 2.16. The summed E-state index contributed by atoms with van der Waals surface area (Å²) in [7, 11) is 0. The molecular weight excluding hydrogens is 229 g/mol. The Morgan fingerprint density at radius 1 is 1.12 bits per heavy atom. The molecular formula is C13H8F3O. The Labute approximate surface area is 96.5 Å². The summed E-state index contributed by atoms with van der Waals surface area (Å²) < 4.78 is 41.8. The molecule has 1 radical (unpaired) electrons. The predicted octanol–water partition coefficient (Wildman–Crippen LogP) is 3.89. The third kappa shape index (κ3) is 2.78. The van der Waals surface area contributed by atoms with Crippen LogP contribution in [0.1, 0.15) is 0 Å². The topological polar surface area (TPSA) is 9.23 Å². The van der Waals surface area contributed by atoms with Crippen molar-refractivity contribution >= 4 is 0 Å². The first-order chi connectivity index (χ1) is 8.16. The highest BCUT2D eigenvalue weighted by Gasteiger charge is 2.08. The minimum Gasteiger partial charge on any atom is -0.435 e. The molecule has 17 heavy (non-hydrogen) atoms. The van der Waals surface area contributed by atoms with Gasteiger partial charge in [0.05, 0.1) is 0 Å². The molecule has 0 unspecified atom stereocenters. The van der Waals surface area contributed by atoms with Crippen molar-refractivity contribution in [3.05, 3.63) is 54.3 Å². The van der Waals surface area contributed by atoms with E-state index in [1.165, 1.54) is 24.3 Å². The standard InChI is InChI=1S/C13H8F3O/c14-12-7-2-1-6-11(12)9-4-3-5-10(8-9)17-13(15)16/h1-3,5-8,13H. The van der Waals surface area contributed by atoms with Crippen LogP contribution in [-0.2, 0) is 0 Å². The Bertz CT molecular complexity index is 512. The number of hydrogen-bond acceptors (Lipinski definition) is 1. The maximum Gasteiger partial charge on any atom is 0.387 e. The Morgan fingerprint density at radius 2 is 1.88 bits per heavy atom. The number of halogens is 3. The number of benzene rings is 2. The van der Waals surface area contributed by atoms with Gasteiger partial charge in [-0.1, -0.05) is 24.3 Å². The van der Waals surface area contributed by atoms with Crippen molar-refractivity contribution in [3.8, 4) is 16.9 Å². The minimum atomic E-state index is -2.90. The van der Waals surface area contributed by atoms with Gasteiger partial charge in [0.2, 0.25) is 0 Å². The van der Waals surface area contributed by atoms with E-state index in [9.17, 15) is 13.2 Å². The molecule has 0 aliphatic heterocycles. The number of hydrogen-bond donors (Lipinski definition) is 0. The van der Waals surface area contributed by atoms with Gasteiger partial charge in [-0.3, -0.25) is 0 Å². The van der Waals surface area contributed by atoms with Gasteiger partial charge in [0.1, 0.15) is 11.6 Å². The first-order valence-corrected chi connectivity index (χ1v) is 4.88. The molecule has 2 aromatic carbocycles. The zero-order valence-corrected chi connectivity index (χ0v) is 8.66. The smallest absolute Gasteiger partial charge is 0.387 e. The molecule has 0 N–H and O–H groups in total. The van der Waals surface area contributed by atoms with Crippen molar-refractivity contribution < 1.29 is 17.9 Å². The van der Waals surface area contributed by atoms with Crippen molar-refractivity contribution in [1.29, 1.82) is 0 Å². The lowest BCUT2D eigenvalue weighted by molar-refractivity contribution is -0.0498. The summed E-state index contributed by atoms with van der Waals surface area (Å²) in [4.78, 5) is 0. The van der Waals surface area contributed by atoms with Crippen molar-refractivity contribution in [2.45, 2.75) is 6.61 Å². The molecule has 0 saturated heterocycles. The highest BCUT2D eigenvalue weighted by Crippen LogP contribution is 2.26. The molecule has 0 saturated carbocycles. The van der Waals surface area contributed by atoms with E-state index in [2.05, 4.69) is 10.8 Å². The van der Waals surface area contributed by atoms with Crippen LogP contribution >= 0.6 is 0 Å². The molecule has 2 aromatic rings. The summed E-state index contributed by atoms with van der Waals surface area (Å²) >= 11 is 0. The Hall–Kier alpha value is -1.97. The zero-order chi connectivity index (χ0) is 12.3. The second kappa shape index (κ2) is 4.91. The number of ether oxygens (including phenoxy) is 1. The molecule has 87 valence electrons. The van der Waals surface area contributed by atoms with Gasteiger partial charge in [-0.15, -0.1) is 0 Å².